The number of ether oxygens (including phenoxy) is 1. The smallest absolute Gasteiger partial charge is 0.333 e. The van der Waals surface area contributed by atoms with Gasteiger partial charge in [0, 0.05) is 20.3 Å². The van der Waals surface area contributed by atoms with E-state index < -0.39 is 48.1 Å². The molecule has 2 unspecified atom stereocenters. The summed E-state index contributed by atoms with van der Waals surface area (Å²) in [5.74, 6) is -0.554. The van der Waals surface area contributed by atoms with E-state index in [-0.39, 0.29) is 12.2 Å². The third-order valence-corrected chi connectivity index (χ3v) is 3.85. The Morgan fingerprint density at radius 3 is 2.52 bits per heavy atom. The molecule has 0 aromatic carbocycles. The van der Waals surface area contributed by atoms with Gasteiger partial charge in [-0.1, -0.05) is 0 Å². The highest BCUT2D eigenvalue weighted by Crippen LogP contribution is 2.18. The summed E-state index contributed by atoms with van der Waals surface area (Å²) >= 11 is 0. The van der Waals surface area contributed by atoms with E-state index >= 15 is 0 Å². The number of hydrogen-bond donors (Lipinski definition) is 4. The van der Waals surface area contributed by atoms with Crippen LogP contribution in [0.4, 0.5) is 0 Å². The van der Waals surface area contributed by atoms with Gasteiger partial charge in [0.1, 0.15) is 29.9 Å². The number of hydrogen-bond acceptors (Lipinski definition) is 8. The third-order valence-electron chi connectivity index (χ3n) is 3.85. The van der Waals surface area contributed by atoms with Gasteiger partial charge in [-0.15, -0.1) is 0 Å². The van der Waals surface area contributed by atoms with E-state index in [9.17, 15) is 24.9 Å². The number of aliphatic imine (C=N–C) groups is 1. The Labute approximate surface area is 130 Å². The Kier molecular flexibility index (Phi) is 5.00. The minimum atomic E-state index is -1.33. The highest BCUT2D eigenvalue weighted by Gasteiger charge is 2.37. The second-order valence-electron chi connectivity index (χ2n) is 5.32. The van der Waals surface area contributed by atoms with Gasteiger partial charge in [0.05, 0.1) is 13.2 Å². The predicted molar refractivity (Wildman–Crippen MR) is 78.8 cm³/mol. The summed E-state index contributed by atoms with van der Waals surface area (Å²) < 4.78 is 6.86. The standard InChI is InChI=1S/C13H19N3O7/c1-15-11(20)6(12(21)16(2)13(15)22)3-14-7-5-23-8(4-17)10(19)9(7)18/h3,7-10,17-20H,4-5H2,1-2H3/t7?,8?,9-,10+/m1/s1. The quantitative estimate of drug-likeness (QED) is 0.425. The molecule has 23 heavy (non-hydrogen) atoms. The molecule has 1 aromatic rings. The Bertz CT molecular complexity index is 724. The second-order valence-corrected chi connectivity index (χ2v) is 5.32. The van der Waals surface area contributed by atoms with E-state index in [0.717, 1.165) is 15.3 Å². The summed E-state index contributed by atoms with van der Waals surface area (Å²) in [5, 5.41) is 38.6. The lowest BCUT2D eigenvalue weighted by molar-refractivity contribution is -0.155. The molecule has 0 saturated carbocycles. The van der Waals surface area contributed by atoms with Gasteiger partial charge in [0.15, 0.2) is 0 Å². The summed E-state index contributed by atoms with van der Waals surface area (Å²) in [6.45, 7) is -0.524. The minimum Gasteiger partial charge on any atom is -0.494 e. The average molecular weight is 329 g/mol. The van der Waals surface area contributed by atoms with Crippen molar-refractivity contribution in [3.63, 3.8) is 0 Å². The lowest BCUT2D eigenvalue weighted by Crippen LogP contribution is -2.53. The lowest BCUT2D eigenvalue weighted by atomic mass is 9.99. The topological polar surface area (TPSA) is 147 Å². The second kappa shape index (κ2) is 6.62. The Balaban J connectivity index is 2.32. The largest absolute Gasteiger partial charge is 0.494 e. The summed E-state index contributed by atoms with van der Waals surface area (Å²) in [5.41, 5.74) is -1.65. The molecule has 4 N–H and O–H groups in total. The van der Waals surface area contributed by atoms with E-state index in [4.69, 9.17) is 9.84 Å². The van der Waals surface area contributed by atoms with Crippen LogP contribution in [0.2, 0.25) is 0 Å². The van der Waals surface area contributed by atoms with Crippen molar-refractivity contribution in [2.24, 2.45) is 19.1 Å². The molecule has 1 aliphatic rings. The van der Waals surface area contributed by atoms with Gasteiger partial charge in [-0.2, -0.15) is 0 Å². The molecule has 2 heterocycles. The molecule has 10 nitrogen and oxygen atoms in total. The number of aliphatic hydroxyl groups is 3. The van der Waals surface area contributed by atoms with Crippen molar-refractivity contribution in [1.82, 2.24) is 9.13 Å². The maximum Gasteiger partial charge on any atom is 0.333 e. The molecule has 1 aliphatic heterocycles. The average Bonchev–Trinajstić information content (AvgIpc) is 2.55. The number of aromatic nitrogens is 2. The molecule has 0 spiro atoms. The van der Waals surface area contributed by atoms with Crippen LogP contribution in [0.1, 0.15) is 5.56 Å². The highest BCUT2D eigenvalue weighted by atomic mass is 16.5. The fraction of sp³-hybridized carbons (Fsp3) is 0.615. The lowest BCUT2D eigenvalue weighted by Gasteiger charge is -2.34. The molecule has 1 aromatic heterocycles. The van der Waals surface area contributed by atoms with Gasteiger partial charge in [0.2, 0.25) is 5.88 Å². The van der Waals surface area contributed by atoms with Crippen molar-refractivity contribution >= 4 is 6.21 Å². The van der Waals surface area contributed by atoms with Crippen molar-refractivity contribution in [1.29, 1.82) is 0 Å². The molecular weight excluding hydrogens is 310 g/mol. The molecule has 0 aliphatic carbocycles. The SMILES string of the molecule is Cn1c(O)c(C=NC2COC(CO)[C@H](O)[C@@H]2O)c(=O)n(C)c1=O. The zero-order valence-corrected chi connectivity index (χ0v) is 12.7. The molecular formula is C13H19N3O7. The van der Waals surface area contributed by atoms with Crippen LogP contribution in [0.5, 0.6) is 5.88 Å². The van der Waals surface area contributed by atoms with Crippen LogP contribution in [0, 0.1) is 0 Å². The van der Waals surface area contributed by atoms with Crippen LogP contribution in [0.3, 0.4) is 0 Å². The zero-order chi connectivity index (χ0) is 17.3. The van der Waals surface area contributed by atoms with Gasteiger partial charge >= 0.3 is 5.69 Å². The number of aliphatic hydroxyl groups excluding tert-OH is 3. The van der Waals surface area contributed by atoms with Gasteiger partial charge < -0.3 is 25.2 Å². The minimum absolute atomic E-state index is 0.0766. The molecule has 1 fully saturated rings. The maximum atomic E-state index is 12.0. The molecule has 4 atom stereocenters. The van der Waals surface area contributed by atoms with Crippen LogP contribution >= 0.6 is 0 Å². The fourth-order valence-electron chi connectivity index (χ4n) is 2.30. The molecule has 128 valence electrons. The number of rotatable bonds is 3. The number of aromatic hydroxyl groups is 1. The first-order chi connectivity index (χ1) is 10.8. The zero-order valence-electron chi connectivity index (χ0n) is 12.7. The molecule has 2 rings (SSSR count). The van der Waals surface area contributed by atoms with E-state index in [1.165, 1.54) is 14.1 Å². The van der Waals surface area contributed by atoms with Gasteiger partial charge in [0.25, 0.3) is 5.56 Å². The summed E-state index contributed by atoms with van der Waals surface area (Å²) in [6.07, 6.45) is -2.50. The molecule has 1 saturated heterocycles. The molecule has 0 bridgehead atoms. The summed E-state index contributed by atoms with van der Waals surface area (Å²) in [4.78, 5) is 27.6. The van der Waals surface area contributed by atoms with E-state index in [2.05, 4.69) is 4.99 Å². The third kappa shape index (κ3) is 3.06. The van der Waals surface area contributed by atoms with Crippen LogP contribution in [0.25, 0.3) is 0 Å². The van der Waals surface area contributed by atoms with Gasteiger partial charge in [-0.3, -0.25) is 18.9 Å². The Morgan fingerprint density at radius 2 is 1.91 bits per heavy atom. The van der Waals surface area contributed by atoms with Crippen LogP contribution in [-0.2, 0) is 18.8 Å². The first-order valence-corrected chi connectivity index (χ1v) is 6.90. The summed E-state index contributed by atoms with van der Waals surface area (Å²) in [6, 6.07) is -0.880. The van der Waals surface area contributed by atoms with Crippen molar-refractivity contribution in [2.45, 2.75) is 24.4 Å². The normalized spacial score (nSPS) is 28.4. The molecule has 0 radical (unpaired) electrons. The van der Waals surface area contributed by atoms with Crippen LogP contribution in [0.15, 0.2) is 14.6 Å². The highest BCUT2D eigenvalue weighted by molar-refractivity contribution is 5.82. The van der Waals surface area contributed by atoms with E-state index in [0.29, 0.717) is 0 Å². The van der Waals surface area contributed by atoms with Gasteiger partial charge in [-0.25, -0.2) is 4.79 Å². The van der Waals surface area contributed by atoms with Crippen molar-refractivity contribution in [3.8, 4) is 5.88 Å². The van der Waals surface area contributed by atoms with Crippen LogP contribution < -0.4 is 11.2 Å². The molecule has 10 heteroatoms. The van der Waals surface area contributed by atoms with Crippen molar-refractivity contribution < 1.29 is 25.2 Å². The number of nitrogens with zero attached hydrogens (tertiary/aromatic N) is 3. The van der Waals surface area contributed by atoms with E-state index in [1.807, 2.05) is 0 Å². The first kappa shape index (κ1) is 17.3. The van der Waals surface area contributed by atoms with Crippen LogP contribution in [-0.4, -0.2) is 73.3 Å². The molecule has 0 amide bonds. The fourth-order valence-corrected chi connectivity index (χ4v) is 2.30. The Morgan fingerprint density at radius 1 is 1.26 bits per heavy atom. The monoisotopic (exact) mass is 329 g/mol. The van der Waals surface area contributed by atoms with Crippen molar-refractivity contribution in [3.05, 3.63) is 26.4 Å². The first-order valence-electron chi connectivity index (χ1n) is 6.90. The maximum absolute atomic E-state index is 12.0. The van der Waals surface area contributed by atoms with Gasteiger partial charge in [-0.05, 0) is 0 Å². The van der Waals surface area contributed by atoms with E-state index in [1.54, 1.807) is 0 Å². The predicted octanol–water partition coefficient (Wildman–Crippen LogP) is -3.31. The van der Waals surface area contributed by atoms with Crippen molar-refractivity contribution in [2.75, 3.05) is 13.2 Å². The summed E-state index contributed by atoms with van der Waals surface area (Å²) in [7, 11) is 2.55. The Hall–Kier alpha value is -2.01.